The maximum absolute atomic E-state index is 12.3. The van der Waals surface area contributed by atoms with Crippen LogP contribution in [0.15, 0.2) is 0 Å². The van der Waals surface area contributed by atoms with Crippen molar-refractivity contribution >= 4 is 18.0 Å². The largest absolute Gasteiger partial charge is 0.480 e. The molecule has 0 rings (SSSR count). The van der Waals surface area contributed by atoms with E-state index in [9.17, 15) is 27.6 Å². The van der Waals surface area contributed by atoms with E-state index in [2.05, 4.69) is 4.74 Å². The molecule has 0 aliphatic heterocycles. The highest BCUT2D eigenvalue weighted by Crippen LogP contribution is 2.17. The van der Waals surface area contributed by atoms with E-state index < -0.39 is 43.8 Å². The first-order valence-electron chi connectivity index (χ1n) is 5.51. The van der Waals surface area contributed by atoms with Gasteiger partial charge in [0, 0.05) is 7.05 Å². The van der Waals surface area contributed by atoms with E-state index in [4.69, 9.17) is 5.11 Å². The maximum Gasteiger partial charge on any atom is 0.406 e. The lowest BCUT2D eigenvalue weighted by Crippen LogP contribution is -2.49. The predicted octanol–water partition coefficient (Wildman–Crippen LogP) is 0.550. The molecule has 0 unspecified atom stereocenters. The molecule has 10 heteroatoms. The van der Waals surface area contributed by atoms with E-state index in [-0.39, 0.29) is 11.5 Å². The van der Waals surface area contributed by atoms with Gasteiger partial charge in [-0.25, -0.2) is 4.79 Å². The summed E-state index contributed by atoms with van der Waals surface area (Å²) in [5, 5.41) is 8.51. The van der Waals surface area contributed by atoms with Crippen LogP contribution in [-0.4, -0.2) is 72.3 Å². The van der Waals surface area contributed by atoms with Gasteiger partial charge < -0.3 is 19.6 Å². The summed E-state index contributed by atoms with van der Waals surface area (Å²) in [6, 6.07) is -1.22. The number of esters is 1. The zero-order chi connectivity index (χ0) is 15.9. The molecule has 0 aliphatic rings. The summed E-state index contributed by atoms with van der Waals surface area (Å²) >= 11 is 0. The Morgan fingerprint density at radius 2 is 1.75 bits per heavy atom. The van der Waals surface area contributed by atoms with Crippen molar-refractivity contribution in [1.29, 1.82) is 0 Å². The number of carboxylic acid groups (broad SMARTS) is 1. The average Bonchev–Trinajstić information content (AvgIpc) is 2.24. The van der Waals surface area contributed by atoms with Crippen molar-refractivity contribution in [2.75, 3.05) is 33.3 Å². The number of ether oxygens (including phenoxy) is 1. The molecule has 0 saturated carbocycles. The smallest absolute Gasteiger partial charge is 0.406 e. The first-order chi connectivity index (χ1) is 9.06. The number of carboxylic acids is 1. The molecule has 0 aliphatic carbocycles. The number of rotatable bonds is 6. The van der Waals surface area contributed by atoms with Crippen molar-refractivity contribution < 1.29 is 37.4 Å². The first-order valence-corrected chi connectivity index (χ1v) is 5.51. The Labute approximate surface area is 112 Å². The second-order valence-corrected chi connectivity index (χ2v) is 3.81. The second-order valence-electron chi connectivity index (χ2n) is 3.81. The normalized spacial score (nSPS) is 10.8. The number of carbonyl (C=O) groups excluding carboxylic acids is 2. The number of alkyl halides is 3. The second kappa shape index (κ2) is 7.56. The van der Waals surface area contributed by atoms with Crippen molar-refractivity contribution in [3.63, 3.8) is 0 Å². The standard InChI is InChI=1S/C10H15F3N2O5/c1-3-20-8(18)5-14(2)9(19)15(4-7(16)17)6-10(11,12)13/h3-6H2,1-2H3,(H,16,17). The number of likely N-dealkylation sites (N-methyl/N-ethyl adjacent to an activating group) is 1. The third-order valence-electron chi connectivity index (χ3n) is 1.96. The topological polar surface area (TPSA) is 87.2 Å². The Hall–Kier alpha value is -2.00. The highest BCUT2D eigenvalue weighted by Gasteiger charge is 2.35. The fraction of sp³-hybridized carbons (Fsp3) is 0.700. The Morgan fingerprint density at radius 3 is 2.15 bits per heavy atom. The third-order valence-corrected chi connectivity index (χ3v) is 1.96. The molecule has 0 bridgehead atoms. The molecular weight excluding hydrogens is 285 g/mol. The molecule has 0 aromatic heterocycles. The van der Waals surface area contributed by atoms with Crippen LogP contribution >= 0.6 is 0 Å². The summed E-state index contributed by atoms with van der Waals surface area (Å²) in [4.78, 5) is 34.0. The van der Waals surface area contributed by atoms with Crippen molar-refractivity contribution in [3.05, 3.63) is 0 Å². The van der Waals surface area contributed by atoms with Gasteiger partial charge in [-0.15, -0.1) is 0 Å². The number of halogens is 3. The summed E-state index contributed by atoms with van der Waals surface area (Å²) in [5.41, 5.74) is 0. The molecule has 0 fully saturated rings. The Bertz CT molecular complexity index is 372. The van der Waals surface area contributed by atoms with E-state index in [1.165, 1.54) is 6.92 Å². The van der Waals surface area contributed by atoms with Gasteiger partial charge in [0.1, 0.15) is 19.6 Å². The average molecular weight is 300 g/mol. The van der Waals surface area contributed by atoms with Crippen molar-refractivity contribution in [2.24, 2.45) is 0 Å². The Morgan fingerprint density at radius 1 is 1.20 bits per heavy atom. The first kappa shape index (κ1) is 18.0. The van der Waals surface area contributed by atoms with Gasteiger partial charge in [-0.2, -0.15) is 13.2 Å². The van der Waals surface area contributed by atoms with Gasteiger partial charge in [-0.1, -0.05) is 0 Å². The molecule has 0 aromatic rings. The molecule has 0 atom stereocenters. The monoisotopic (exact) mass is 300 g/mol. The molecule has 20 heavy (non-hydrogen) atoms. The van der Waals surface area contributed by atoms with Gasteiger partial charge >= 0.3 is 24.1 Å². The van der Waals surface area contributed by atoms with Crippen LogP contribution in [0.5, 0.6) is 0 Å². The zero-order valence-corrected chi connectivity index (χ0v) is 10.9. The summed E-state index contributed by atoms with van der Waals surface area (Å²) in [6.45, 7) is -1.82. The minimum Gasteiger partial charge on any atom is -0.480 e. The minimum atomic E-state index is -4.74. The molecule has 0 aromatic carbocycles. The number of urea groups is 1. The highest BCUT2D eigenvalue weighted by atomic mass is 19.4. The van der Waals surface area contributed by atoms with E-state index in [0.29, 0.717) is 4.90 Å². The molecule has 0 spiro atoms. The van der Waals surface area contributed by atoms with Crippen LogP contribution in [0.3, 0.4) is 0 Å². The zero-order valence-electron chi connectivity index (χ0n) is 10.9. The molecule has 0 radical (unpaired) electrons. The summed E-state index contributed by atoms with van der Waals surface area (Å²) < 4.78 is 41.3. The summed E-state index contributed by atoms with van der Waals surface area (Å²) in [5.74, 6) is -2.39. The van der Waals surface area contributed by atoms with Crippen LogP contribution in [0.4, 0.5) is 18.0 Å². The maximum atomic E-state index is 12.3. The van der Waals surface area contributed by atoms with Crippen LogP contribution in [-0.2, 0) is 14.3 Å². The van der Waals surface area contributed by atoms with E-state index in [1.54, 1.807) is 0 Å². The van der Waals surface area contributed by atoms with Gasteiger partial charge in [-0.05, 0) is 6.92 Å². The minimum absolute atomic E-state index is 0.0578. The van der Waals surface area contributed by atoms with Crippen LogP contribution < -0.4 is 0 Å². The van der Waals surface area contributed by atoms with Crippen molar-refractivity contribution in [3.8, 4) is 0 Å². The fourth-order valence-electron chi connectivity index (χ4n) is 1.28. The molecule has 116 valence electrons. The fourth-order valence-corrected chi connectivity index (χ4v) is 1.28. The number of carbonyl (C=O) groups is 3. The van der Waals surface area contributed by atoms with Crippen molar-refractivity contribution in [2.45, 2.75) is 13.1 Å². The molecule has 2 amide bonds. The summed E-state index contributed by atoms with van der Waals surface area (Å²) in [6.07, 6.45) is -4.74. The molecule has 0 heterocycles. The quantitative estimate of drug-likeness (QED) is 0.724. The van der Waals surface area contributed by atoms with Gasteiger partial charge in [0.25, 0.3) is 0 Å². The van der Waals surface area contributed by atoms with Gasteiger partial charge in [0.15, 0.2) is 0 Å². The number of amides is 2. The van der Waals surface area contributed by atoms with Gasteiger partial charge in [-0.3, -0.25) is 9.59 Å². The number of hydrogen-bond acceptors (Lipinski definition) is 4. The van der Waals surface area contributed by atoms with Crippen LogP contribution in [0, 0.1) is 0 Å². The molecule has 1 N–H and O–H groups in total. The van der Waals surface area contributed by atoms with Gasteiger partial charge in [0.05, 0.1) is 6.61 Å². The SMILES string of the molecule is CCOC(=O)CN(C)C(=O)N(CC(=O)O)CC(F)(F)F. The number of nitrogens with zero attached hydrogens (tertiary/aromatic N) is 2. The number of hydrogen-bond donors (Lipinski definition) is 1. The van der Waals surface area contributed by atoms with Gasteiger partial charge in [0.2, 0.25) is 0 Å². The number of aliphatic carboxylic acids is 1. The van der Waals surface area contributed by atoms with Crippen LogP contribution in [0.25, 0.3) is 0 Å². The van der Waals surface area contributed by atoms with Crippen molar-refractivity contribution in [1.82, 2.24) is 9.80 Å². The van der Waals surface area contributed by atoms with E-state index in [0.717, 1.165) is 7.05 Å². The lowest BCUT2D eigenvalue weighted by molar-refractivity contribution is -0.149. The molecule has 7 nitrogen and oxygen atoms in total. The Kier molecular flexibility index (Phi) is 6.80. The Balaban J connectivity index is 4.75. The van der Waals surface area contributed by atoms with Crippen LogP contribution in [0.2, 0.25) is 0 Å². The van der Waals surface area contributed by atoms with E-state index >= 15 is 0 Å². The lowest BCUT2D eigenvalue weighted by atomic mass is 10.4. The molecular formula is C10H15F3N2O5. The molecule has 0 saturated heterocycles. The highest BCUT2D eigenvalue weighted by molar-refractivity contribution is 5.83. The lowest BCUT2D eigenvalue weighted by Gasteiger charge is -2.27. The van der Waals surface area contributed by atoms with Crippen LogP contribution in [0.1, 0.15) is 6.92 Å². The third kappa shape index (κ3) is 7.44. The summed E-state index contributed by atoms with van der Waals surface area (Å²) in [7, 11) is 1.07. The predicted molar refractivity (Wildman–Crippen MR) is 59.9 cm³/mol. The van der Waals surface area contributed by atoms with E-state index in [1.807, 2.05) is 0 Å².